The molecule has 1 amide bonds. The van der Waals surface area contributed by atoms with E-state index in [0.29, 0.717) is 11.3 Å². The number of nitrogens with one attached hydrogen (secondary N) is 3. The van der Waals surface area contributed by atoms with Crippen molar-refractivity contribution in [3.63, 3.8) is 0 Å². The molecule has 0 bridgehead atoms. The molecule has 2 aromatic heterocycles. The molecule has 3 heterocycles. The van der Waals surface area contributed by atoms with Crippen LogP contribution in [-0.2, 0) is 13.0 Å². The maximum Gasteiger partial charge on any atom is 0.257 e. The van der Waals surface area contributed by atoms with Gasteiger partial charge < -0.3 is 15.6 Å². The molecule has 1 aromatic carbocycles. The first-order valence-electron chi connectivity index (χ1n) is 7.23. The van der Waals surface area contributed by atoms with Crippen LogP contribution in [0.25, 0.3) is 11.0 Å². The lowest BCUT2D eigenvalue weighted by Gasteiger charge is -2.19. The normalized spacial score (nSPS) is 13.8. The number of para-hydroxylation sites is 1. The number of amides is 1. The molecular weight excluding hydrogens is 278 g/mol. The number of rotatable bonds is 2. The zero-order valence-electron chi connectivity index (χ0n) is 11.9. The zero-order chi connectivity index (χ0) is 14.9. The van der Waals surface area contributed by atoms with Gasteiger partial charge in [-0.1, -0.05) is 6.07 Å². The van der Waals surface area contributed by atoms with Gasteiger partial charge in [-0.3, -0.25) is 9.78 Å². The van der Waals surface area contributed by atoms with Gasteiger partial charge >= 0.3 is 0 Å². The Morgan fingerprint density at radius 2 is 2.23 bits per heavy atom. The van der Waals surface area contributed by atoms with E-state index >= 15 is 0 Å². The van der Waals surface area contributed by atoms with Gasteiger partial charge in [0, 0.05) is 18.9 Å². The largest absolute Gasteiger partial charge is 0.345 e. The highest BCUT2D eigenvalue weighted by atomic mass is 16.1. The van der Waals surface area contributed by atoms with Gasteiger partial charge in [0.2, 0.25) is 0 Å². The molecule has 3 N–H and O–H groups in total. The standard InChI is InChI=1S/C16H15N5O/c22-16(12-8-18-7-10-6-17-5-4-11(10)12)21-14-3-1-2-13-15(14)20-9-19-13/h1-3,7-9,17H,4-6H2,(H,19,20)(H,21,22). The van der Waals surface area contributed by atoms with Crippen molar-refractivity contribution in [3.8, 4) is 0 Å². The van der Waals surface area contributed by atoms with E-state index in [0.717, 1.165) is 41.7 Å². The molecule has 0 unspecified atom stereocenters. The Bertz CT molecular complexity index is 855. The first-order chi connectivity index (χ1) is 10.8. The second-order valence-corrected chi connectivity index (χ2v) is 5.31. The van der Waals surface area contributed by atoms with Crippen LogP contribution in [0.2, 0.25) is 0 Å². The molecule has 0 fully saturated rings. The van der Waals surface area contributed by atoms with Gasteiger partial charge in [-0.2, -0.15) is 0 Å². The number of pyridine rings is 1. The number of carbonyl (C=O) groups is 1. The summed E-state index contributed by atoms with van der Waals surface area (Å²) in [5.41, 5.74) is 5.18. The molecule has 6 nitrogen and oxygen atoms in total. The van der Waals surface area contributed by atoms with Crippen LogP contribution in [0.4, 0.5) is 5.69 Å². The Hall–Kier alpha value is -2.73. The number of H-pyrrole nitrogens is 1. The minimum Gasteiger partial charge on any atom is -0.345 e. The maximum atomic E-state index is 12.6. The number of imidazole rings is 1. The van der Waals surface area contributed by atoms with Crippen molar-refractivity contribution in [3.05, 3.63) is 53.6 Å². The third-order valence-corrected chi connectivity index (χ3v) is 3.96. The van der Waals surface area contributed by atoms with Crippen molar-refractivity contribution in [1.82, 2.24) is 20.3 Å². The average Bonchev–Trinajstić information content (AvgIpc) is 3.04. The van der Waals surface area contributed by atoms with Crippen molar-refractivity contribution < 1.29 is 4.79 Å². The monoisotopic (exact) mass is 293 g/mol. The summed E-state index contributed by atoms with van der Waals surface area (Å²) in [5, 5.41) is 6.25. The minimum absolute atomic E-state index is 0.137. The Balaban J connectivity index is 1.70. The van der Waals surface area contributed by atoms with Crippen LogP contribution in [-0.4, -0.2) is 27.4 Å². The lowest BCUT2D eigenvalue weighted by Crippen LogP contribution is -2.27. The van der Waals surface area contributed by atoms with Crippen LogP contribution in [0.5, 0.6) is 0 Å². The van der Waals surface area contributed by atoms with Crippen LogP contribution in [0.1, 0.15) is 21.5 Å². The molecule has 0 spiro atoms. The predicted octanol–water partition coefficient (Wildman–Crippen LogP) is 1.86. The summed E-state index contributed by atoms with van der Waals surface area (Å²) in [7, 11) is 0. The molecule has 0 aliphatic carbocycles. The van der Waals surface area contributed by atoms with Gasteiger partial charge in [-0.05, 0) is 36.2 Å². The smallest absolute Gasteiger partial charge is 0.257 e. The quantitative estimate of drug-likeness (QED) is 0.673. The van der Waals surface area contributed by atoms with Gasteiger partial charge in [0.25, 0.3) is 5.91 Å². The number of benzene rings is 1. The van der Waals surface area contributed by atoms with Crippen LogP contribution in [0, 0.1) is 0 Å². The maximum absolute atomic E-state index is 12.6. The predicted molar refractivity (Wildman–Crippen MR) is 83.7 cm³/mol. The lowest BCUT2D eigenvalue weighted by atomic mass is 9.98. The lowest BCUT2D eigenvalue weighted by molar-refractivity contribution is 0.102. The number of nitrogens with zero attached hydrogens (tertiary/aromatic N) is 2. The van der Waals surface area contributed by atoms with Gasteiger partial charge in [0.1, 0.15) is 5.52 Å². The van der Waals surface area contributed by atoms with Crippen molar-refractivity contribution in [2.75, 3.05) is 11.9 Å². The molecule has 0 saturated heterocycles. The van der Waals surface area contributed by atoms with Gasteiger partial charge in [0.05, 0.1) is 23.1 Å². The van der Waals surface area contributed by atoms with Crippen LogP contribution >= 0.6 is 0 Å². The number of hydrogen-bond donors (Lipinski definition) is 3. The molecule has 1 aliphatic heterocycles. The van der Waals surface area contributed by atoms with Crippen molar-refractivity contribution in [1.29, 1.82) is 0 Å². The zero-order valence-corrected chi connectivity index (χ0v) is 11.9. The Kier molecular flexibility index (Phi) is 3.08. The molecule has 0 saturated carbocycles. The molecule has 6 heteroatoms. The van der Waals surface area contributed by atoms with Crippen LogP contribution < -0.4 is 10.6 Å². The number of anilines is 1. The molecule has 1 aliphatic rings. The van der Waals surface area contributed by atoms with E-state index < -0.39 is 0 Å². The number of aromatic nitrogens is 3. The molecular formula is C16H15N5O. The Morgan fingerprint density at radius 3 is 3.18 bits per heavy atom. The SMILES string of the molecule is O=C(Nc1cccc2[nH]cnc12)c1cncc2c1CCNC2. The average molecular weight is 293 g/mol. The minimum atomic E-state index is -0.137. The Labute approximate surface area is 127 Å². The fraction of sp³-hybridized carbons (Fsp3) is 0.188. The molecule has 0 atom stereocenters. The fourth-order valence-electron chi connectivity index (χ4n) is 2.87. The third kappa shape index (κ3) is 2.14. The van der Waals surface area contributed by atoms with E-state index in [1.54, 1.807) is 12.5 Å². The van der Waals surface area contributed by atoms with E-state index in [9.17, 15) is 4.79 Å². The first kappa shape index (κ1) is 13.0. The van der Waals surface area contributed by atoms with Gasteiger partial charge in [-0.25, -0.2) is 4.98 Å². The van der Waals surface area contributed by atoms with E-state index in [-0.39, 0.29) is 5.91 Å². The fourth-order valence-corrected chi connectivity index (χ4v) is 2.87. The van der Waals surface area contributed by atoms with Crippen molar-refractivity contribution in [2.24, 2.45) is 0 Å². The van der Waals surface area contributed by atoms with E-state index in [1.165, 1.54) is 0 Å². The van der Waals surface area contributed by atoms with E-state index in [2.05, 4.69) is 25.6 Å². The number of hydrogen-bond acceptors (Lipinski definition) is 4. The second kappa shape index (κ2) is 5.23. The summed E-state index contributed by atoms with van der Waals surface area (Å²) in [5.74, 6) is -0.137. The highest BCUT2D eigenvalue weighted by Gasteiger charge is 2.18. The third-order valence-electron chi connectivity index (χ3n) is 3.96. The van der Waals surface area contributed by atoms with Gasteiger partial charge in [0.15, 0.2) is 0 Å². The highest BCUT2D eigenvalue weighted by Crippen LogP contribution is 2.22. The first-order valence-corrected chi connectivity index (χ1v) is 7.23. The second-order valence-electron chi connectivity index (χ2n) is 5.31. The highest BCUT2D eigenvalue weighted by molar-refractivity contribution is 6.08. The van der Waals surface area contributed by atoms with Crippen molar-refractivity contribution in [2.45, 2.75) is 13.0 Å². The summed E-state index contributed by atoms with van der Waals surface area (Å²) < 4.78 is 0. The number of carbonyl (C=O) groups excluding carboxylic acids is 1. The summed E-state index contributed by atoms with van der Waals surface area (Å²) in [6.45, 7) is 1.64. The van der Waals surface area contributed by atoms with E-state index in [1.807, 2.05) is 24.4 Å². The number of fused-ring (bicyclic) bond motifs is 2. The van der Waals surface area contributed by atoms with Crippen molar-refractivity contribution >= 4 is 22.6 Å². The van der Waals surface area contributed by atoms with Gasteiger partial charge in [-0.15, -0.1) is 0 Å². The number of aromatic amines is 1. The molecule has 0 radical (unpaired) electrons. The van der Waals surface area contributed by atoms with Crippen LogP contribution in [0.3, 0.4) is 0 Å². The molecule has 4 rings (SSSR count). The Morgan fingerprint density at radius 1 is 1.27 bits per heavy atom. The summed E-state index contributed by atoms with van der Waals surface area (Å²) >= 11 is 0. The molecule has 3 aromatic rings. The summed E-state index contributed by atoms with van der Waals surface area (Å²) in [6, 6.07) is 5.67. The van der Waals surface area contributed by atoms with E-state index in [4.69, 9.17) is 0 Å². The topological polar surface area (TPSA) is 82.7 Å². The molecule has 22 heavy (non-hydrogen) atoms. The summed E-state index contributed by atoms with van der Waals surface area (Å²) in [4.78, 5) is 24.1. The molecule has 110 valence electrons. The summed E-state index contributed by atoms with van der Waals surface area (Å²) in [6.07, 6.45) is 5.93. The van der Waals surface area contributed by atoms with Crippen LogP contribution in [0.15, 0.2) is 36.9 Å².